The van der Waals surface area contributed by atoms with Crippen molar-refractivity contribution in [2.75, 3.05) is 5.32 Å². The second kappa shape index (κ2) is 4.58. The van der Waals surface area contributed by atoms with Crippen molar-refractivity contribution in [3.05, 3.63) is 54.1 Å². The van der Waals surface area contributed by atoms with Crippen LogP contribution in [-0.4, -0.2) is 11.3 Å². The van der Waals surface area contributed by atoms with Gasteiger partial charge in [-0.3, -0.25) is 4.79 Å². The molecule has 0 aliphatic carbocycles. The SMILES string of the molecule is O=Cc1ccc(Nc2nc3ccccc3s2)cc1. The first kappa shape index (κ1) is 10.9. The number of rotatable bonds is 3. The largest absolute Gasteiger partial charge is 0.332 e. The van der Waals surface area contributed by atoms with Gasteiger partial charge in [-0.2, -0.15) is 0 Å². The van der Waals surface area contributed by atoms with Crippen molar-refractivity contribution in [2.24, 2.45) is 0 Å². The third-order valence-electron chi connectivity index (χ3n) is 2.59. The van der Waals surface area contributed by atoms with Crippen molar-refractivity contribution < 1.29 is 4.79 Å². The number of carbonyl (C=O) groups is 1. The van der Waals surface area contributed by atoms with Crippen LogP contribution < -0.4 is 5.32 Å². The van der Waals surface area contributed by atoms with Gasteiger partial charge >= 0.3 is 0 Å². The van der Waals surface area contributed by atoms with E-state index < -0.39 is 0 Å². The highest BCUT2D eigenvalue weighted by Crippen LogP contribution is 2.27. The monoisotopic (exact) mass is 254 g/mol. The zero-order valence-electron chi connectivity index (χ0n) is 9.46. The van der Waals surface area contributed by atoms with Crippen molar-refractivity contribution >= 4 is 38.7 Å². The van der Waals surface area contributed by atoms with E-state index in [1.807, 2.05) is 36.4 Å². The van der Waals surface area contributed by atoms with E-state index in [0.29, 0.717) is 5.56 Å². The number of hydrogen-bond donors (Lipinski definition) is 1. The fraction of sp³-hybridized carbons (Fsp3) is 0. The molecular weight excluding hydrogens is 244 g/mol. The van der Waals surface area contributed by atoms with Crippen molar-refractivity contribution in [2.45, 2.75) is 0 Å². The van der Waals surface area contributed by atoms with Crippen LogP contribution in [0, 0.1) is 0 Å². The third-order valence-corrected chi connectivity index (χ3v) is 3.54. The van der Waals surface area contributed by atoms with Crippen LogP contribution in [0.25, 0.3) is 10.2 Å². The summed E-state index contributed by atoms with van der Waals surface area (Å²) in [4.78, 5) is 15.1. The van der Waals surface area contributed by atoms with E-state index in [1.165, 1.54) is 0 Å². The number of carbonyl (C=O) groups excluding carboxylic acids is 1. The van der Waals surface area contributed by atoms with Crippen molar-refractivity contribution in [3.8, 4) is 0 Å². The molecule has 1 aromatic heterocycles. The molecule has 3 rings (SSSR count). The summed E-state index contributed by atoms with van der Waals surface area (Å²) in [6, 6.07) is 15.3. The zero-order chi connectivity index (χ0) is 12.4. The second-order valence-electron chi connectivity index (χ2n) is 3.85. The van der Waals surface area contributed by atoms with E-state index >= 15 is 0 Å². The lowest BCUT2D eigenvalue weighted by Crippen LogP contribution is -1.89. The minimum Gasteiger partial charge on any atom is -0.332 e. The van der Waals surface area contributed by atoms with Gasteiger partial charge < -0.3 is 5.32 Å². The quantitative estimate of drug-likeness (QED) is 0.722. The lowest BCUT2D eigenvalue weighted by atomic mass is 10.2. The fourth-order valence-electron chi connectivity index (χ4n) is 1.69. The lowest BCUT2D eigenvalue weighted by Gasteiger charge is -2.01. The van der Waals surface area contributed by atoms with Crippen LogP contribution >= 0.6 is 11.3 Å². The van der Waals surface area contributed by atoms with Crippen LogP contribution in [0.1, 0.15) is 10.4 Å². The number of aldehydes is 1. The van der Waals surface area contributed by atoms with Gasteiger partial charge in [-0.25, -0.2) is 4.98 Å². The molecular formula is C14H10N2OS. The maximum absolute atomic E-state index is 10.6. The standard InChI is InChI=1S/C14H10N2OS/c17-9-10-5-7-11(8-6-10)15-14-16-12-3-1-2-4-13(12)18-14/h1-9H,(H,15,16). The Bertz CT molecular complexity index is 655. The molecule has 3 nitrogen and oxygen atoms in total. The van der Waals surface area contributed by atoms with Gasteiger partial charge in [-0.1, -0.05) is 23.5 Å². The number of para-hydroxylation sites is 1. The molecule has 18 heavy (non-hydrogen) atoms. The number of nitrogens with one attached hydrogen (secondary N) is 1. The summed E-state index contributed by atoms with van der Waals surface area (Å²) in [6.07, 6.45) is 0.835. The Hall–Kier alpha value is -2.20. The van der Waals surface area contributed by atoms with Crippen LogP contribution in [0.5, 0.6) is 0 Å². The minimum absolute atomic E-state index is 0.671. The highest BCUT2D eigenvalue weighted by atomic mass is 32.1. The van der Waals surface area contributed by atoms with E-state index in [0.717, 1.165) is 27.3 Å². The smallest absolute Gasteiger partial charge is 0.188 e. The summed E-state index contributed by atoms with van der Waals surface area (Å²) in [5.74, 6) is 0. The predicted octanol–water partition coefficient (Wildman–Crippen LogP) is 3.85. The Morgan fingerprint density at radius 3 is 2.56 bits per heavy atom. The normalized spacial score (nSPS) is 10.4. The highest BCUT2D eigenvalue weighted by molar-refractivity contribution is 7.22. The number of hydrogen-bond acceptors (Lipinski definition) is 4. The van der Waals surface area contributed by atoms with Crippen molar-refractivity contribution in [3.63, 3.8) is 0 Å². The number of nitrogens with zero attached hydrogens (tertiary/aromatic N) is 1. The van der Waals surface area contributed by atoms with Gasteiger partial charge in [0.1, 0.15) is 6.29 Å². The highest BCUT2D eigenvalue weighted by Gasteiger charge is 2.02. The first-order chi connectivity index (χ1) is 8.85. The molecule has 0 saturated carbocycles. The Kier molecular flexibility index (Phi) is 2.78. The summed E-state index contributed by atoms with van der Waals surface area (Å²) in [5, 5.41) is 4.09. The Morgan fingerprint density at radius 1 is 1.06 bits per heavy atom. The van der Waals surface area contributed by atoms with Gasteiger partial charge in [0.25, 0.3) is 0 Å². The summed E-state index contributed by atoms with van der Waals surface area (Å²) in [5.41, 5.74) is 2.60. The summed E-state index contributed by atoms with van der Waals surface area (Å²) in [6.45, 7) is 0. The molecule has 1 heterocycles. The first-order valence-corrected chi connectivity index (χ1v) is 6.35. The molecule has 1 N–H and O–H groups in total. The van der Waals surface area contributed by atoms with E-state index in [1.54, 1.807) is 23.5 Å². The lowest BCUT2D eigenvalue weighted by molar-refractivity contribution is 0.112. The van der Waals surface area contributed by atoms with Gasteiger partial charge in [-0.15, -0.1) is 0 Å². The van der Waals surface area contributed by atoms with Gasteiger partial charge in [0.2, 0.25) is 0 Å². The maximum atomic E-state index is 10.6. The number of aromatic nitrogens is 1. The van der Waals surface area contributed by atoms with Crippen molar-refractivity contribution in [1.29, 1.82) is 0 Å². The third kappa shape index (κ3) is 2.10. The topological polar surface area (TPSA) is 42.0 Å². The van der Waals surface area contributed by atoms with Crippen LogP contribution in [0.15, 0.2) is 48.5 Å². The summed E-state index contributed by atoms with van der Waals surface area (Å²) >= 11 is 1.61. The van der Waals surface area contributed by atoms with Crippen LogP contribution in [0.3, 0.4) is 0 Å². The zero-order valence-corrected chi connectivity index (χ0v) is 10.3. The van der Waals surface area contributed by atoms with Crippen LogP contribution in [-0.2, 0) is 0 Å². The molecule has 0 aliphatic heterocycles. The molecule has 3 aromatic rings. The average Bonchev–Trinajstić information content (AvgIpc) is 2.82. The molecule has 0 fully saturated rings. The minimum atomic E-state index is 0.671. The van der Waals surface area contributed by atoms with Gasteiger partial charge in [-0.05, 0) is 36.4 Å². The van der Waals surface area contributed by atoms with E-state index in [-0.39, 0.29) is 0 Å². The number of anilines is 2. The molecule has 0 bridgehead atoms. The second-order valence-corrected chi connectivity index (χ2v) is 4.88. The van der Waals surface area contributed by atoms with Gasteiger partial charge in [0, 0.05) is 11.3 Å². The Labute approximate surface area is 108 Å². The van der Waals surface area contributed by atoms with Gasteiger partial charge in [0.15, 0.2) is 5.13 Å². The van der Waals surface area contributed by atoms with Crippen molar-refractivity contribution in [1.82, 2.24) is 4.98 Å². The molecule has 88 valence electrons. The predicted molar refractivity (Wildman–Crippen MR) is 74.7 cm³/mol. The molecule has 2 aromatic carbocycles. The summed E-state index contributed by atoms with van der Waals surface area (Å²) < 4.78 is 1.16. The first-order valence-electron chi connectivity index (χ1n) is 5.53. The molecule has 0 radical (unpaired) electrons. The molecule has 0 aliphatic rings. The van der Waals surface area contributed by atoms with E-state index in [4.69, 9.17) is 0 Å². The number of thiazole rings is 1. The molecule has 0 spiro atoms. The Morgan fingerprint density at radius 2 is 1.83 bits per heavy atom. The molecule has 0 atom stereocenters. The molecule has 0 unspecified atom stereocenters. The van der Waals surface area contributed by atoms with Crippen LogP contribution in [0.2, 0.25) is 0 Å². The molecule has 0 saturated heterocycles. The van der Waals surface area contributed by atoms with E-state index in [9.17, 15) is 4.79 Å². The Balaban J connectivity index is 1.88. The average molecular weight is 254 g/mol. The maximum Gasteiger partial charge on any atom is 0.188 e. The number of fused-ring (bicyclic) bond motifs is 1. The van der Waals surface area contributed by atoms with E-state index in [2.05, 4.69) is 10.3 Å². The molecule has 0 amide bonds. The van der Waals surface area contributed by atoms with Crippen LogP contribution in [0.4, 0.5) is 10.8 Å². The fourth-order valence-corrected chi connectivity index (χ4v) is 2.58. The molecule has 4 heteroatoms. The van der Waals surface area contributed by atoms with Gasteiger partial charge in [0.05, 0.1) is 10.2 Å². The summed E-state index contributed by atoms with van der Waals surface area (Å²) in [7, 11) is 0. The number of benzene rings is 2.